The summed E-state index contributed by atoms with van der Waals surface area (Å²) in [4.78, 5) is 10.1. The average Bonchev–Trinajstić information content (AvgIpc) is 2.31. The van der Waals surface area contributed by atoms with Crippen LogP contribution in [0.5, 0.6) is 0 Å². The van der Waals surface area contributed by atoms with Gasteiger partial charge < -0.3 is 17.0 Å². The number of hydrogen-bond acceptors (Lipinski definition) is 2. The van der Waals surface area contributed by atoms with Gasteiger partial charge in [-0.2, -0.15) is 0 Å². The highest BCUT2D eigenvalue weighted by Gasteiger charge is 2.08. The van der Waals surface area contributed by atoms with Gasteiger partial charge in [0.1, 0.15) is 0 Å². The van der Waals surface area contributed by atoms with E-state index in [1.807, 2.05) is 34.9 Å². The third-order valence-electron chi connectivity index (χ3n) is 2.29. The van der Waals surface area contributed by atoms with Gasteiger partial charge in [-0.15, -0.1) is 0 Å². The first-order valence-corrected chi connectivity index (χ1v) is 4.93. The first kappa shape index (κ1) is 13.3. The molecule has 4 nitrogen and oxygen atoms in total. The summed E-state index contributed by atoms with van der Waals surface area (Å²) in [5.74, 6) is 0. The van der Waals surface area contributed by atoms with Crippen LogP contribution < -0.4 is 21.5 Å². The zero-order valence-electron chi connectivity index (χ0n) is 8.99. The Bertz CT molecular complexity index is 486. The highest BCUT2D eigenvalue weighted by molar-refractivity contribution is 5.23. The second-order valence-corrected chi connectivity index (χ2v) is 3.47. The normalized spacial score (nSPS) is 9.41. The molecule has 0 amide bonds. The lowest BCUT2D eigenvalue weighted by atomic mass is 10.2. The summed E-state index contributed by atoms with van der Waals surface area (Å²) in [5.41, 5.74) is 1.28. The van der Waals surface area contributed by atoms with Crippen molar-refractivity contribution in [3.63, 3.8) is 0 Å². The van der Waals surface area contributed by atoms with Gasteiger partial charge in [-0.05, 0) is 0 Å². The van der Waals surface area contributed by atoms with Crippen LogP contribution in [0.2, 0.25) is 0 Å². The van der Waals surface area contributed by atoms with Crippen molar-refractivity contribution in [2.24, 2.45) is 0 Å². The fraction of sp³-hybridized carbons (Fsp3) is 0.0833. The van der Waals surface area contributed by atoms with Crippen LogP contribution in [0.3, 0.4) is 0 Å². The minimum absolute atomic E-state index is 0. The minimum Gasteiger partial charge on any atom is -1.00 e. The molecule has 1 aromatic carbocycles. The minimum atomic E-state index is -0.396. The number of benzene rings is 1. The molecule has 0 radical (unpaired) electrons. The molecule has 0 N–H and O–H groups in total. The Balaban J connectivity index is 0.00000144. The van der Waals surface area contributed by atoms with Crippen LogP contribution in [0, 0.1) is 10.1 Å². The second-order valence-electron chi connectivity index (χ2n) is 3.47. The van der Waals surface area contributed by atoms with Crippen molar-refractivity contribution in [1.29, 1.82) is 0 Å². The molecule has 0 aliphatic heterocycles. The van der Waals surface area contributed by atoms with Crippen LogP contribution >= 0.6 is 0 Å². The van der Waals surface area contributed by atoms with E-state index < -0.39 is 4.92 Å². The Morgan fingerprint density at radius 1 is 1.06 bits per heavy atom. The quantitative estimate of drug-likeness (QED) is 0.411. The molecule has 0 saturated heterocycles. The van der Waals surface area contributed by atoms with Gasteiger partial charge in [-0.25, -0.2) is 4.57 Å². The van der Waals surface area contributed by atoms with E-state index in [2.05, 4.69) is 0 Å². The van der Waals surface area contributed by atoms with Gasteiger partial charge in [0, 0.05) is 5.56 Å². The summed E-state index contributed by atoms with van der Waals surface area (Å²) in [6.07, 6.45) is 3.43. The fourth-order valence-corrected chi connectivity index (χ4v) is 1.47. The maximum Gasteiger partial charge on any atom is 0.281 e. The summed E-state index contributed by atoms with van der Waals surface area (Å²) in [6.45, 7) is 0.721. The van der Waals surface area contributed by atoms with Crippen LogP contribution in [0.4, 0.5) is 5.69 Å². The average molecular weight is 295 g/mol. The first-order valence-electron chi connectivity index (χ1n) is 4.93. The smallest absolute Gasteiger partial charge is 0.281 e. The number of hydrogen-bond donors (Lipinski definition) is 0. The molecule has 0 unspecified atom stereocenters. The number of halogens is 1. The van der Waals surface area contributed by atoms with Crippen molar-refractivity contribution in [3.8, 4) is 0 Å². The van der Waals surface area contributed by atoms with Crippen molar-refractivity contribution in [1.82, 2.24) is 0 Å². The van der Waals surface area contributed by atoms with Crippen LogP contribution in [-0.2, 0) is 6.54 Å². The van der Waals surface area contributed by atoms with E-state index in [0.717, 1.165) is 6.54 Å². The molecule has 0 aliphatic rings. The third-order valence-corrected chi connectivity index (χ3v) is 2.29. The topological polar surface area (TPSA) is 47.0 Å². The second kappa shape index (κ2) is 6.10. The highest BCUT2D eigenvalue weighted by atomic mass is 79.9. The fourth-order valence-electron chi connectivity index (χ4n) is 1.47. The molecule has 1 aromatic heterocycles. The lowest BCUT2D eigenvalue weighted by Crippen LogP contribution is -3.00. The van der Waals surface area contributed by atoms with Gasteiger partial charge in [0.15, 0.2) is 18.9 Å². The van der Waals surface area contributed by atoms with Crippen molar-refractivity contribution in [2.75, 3.05) is 0 Å². The summed E-state index contributed by atoms with van der Waals surface area (Å²) in [6, 6.07) is 13.0. The third kappa shape index (κ3) is 3.64. The molecule has 2 rings (SSSR count). The molecule has 1 heterocycles. The number of pyridine rings is 1. The predicted molar refractivity (Wildman–Crippen MR) is 58.8 cm³/mol. The summed E-state index contributed by atoms with van der Waals surface area (Å²) in [7, 11) is 0. The summed E-state index contributed by atoms with van der Waals surface area (Å²) < 4.78 is 1.91. The number of nitro groups is 1. The Kier molecular flexibility index (Phi) is 4.78. The van der Waals surface area contributed by atoms with Gasteiger partial charge in [0.05, 0.1) is 17.1 Å². The molecule has 17 heavy (non-hydrogen) atoms. The molecule has 0 aliphatic carbocycles. The lowest BCUT2D eigenvalue weighted by Gasteiger charge is -1.96. The van der Waals surface area contributed by atoms with E-state index in [9.17, 15) is 10.1 Å². The van der Waals surface area contributed by atoms with Crippen LogP contribution in [-0.4, -0.2) is 4.92 Å². The van der Waals surface area contributed by atoms with Crippen LogP contribution in [0.15, 0.2) is 54.9 Å². The first-order chi connectivity index (χ1) is 7.75. The maximum atomic E-state index is 10.5. The predicted octanol–water partition coefficient (Wildman–Crippen LogP) is -1.07. The molecule has 0 bridgehead atoms. The number of nitrogens with zero attached hydrogens (tertiary/aromatic N) is 2. The van der Waals surface area contributed by atoms with Crippen molar-refractivity contribution >= 4 is 5.69 Å². The van der Waals surface area contributed by atoms with Gasteiger partial charge in [-0.3, -0.25) is 10.1 Å². The highest BCUT2D eigenvalue weighted by Crippen LogP contribution is 2.06. The van der Waals surface area contributed by atoms with Crippen molar-refractivity contribution in [2.45, 2.75) is 6.54 Å². The van der Waals surface area contributed by atoms with Crippen LogP contribution in [0.1, 0.15) is 5.56 Å². The Hall–Kier alpha value is -1.75. The van der Waals surface area contributed by atoms with E-state index in [1.165, 1.54) is 17.7 Å². The molecule has 0 spiro atoms. The molecule has 0 fully saturated rings. The lowest BCUT2D eigenvalue weighted by molar-refractivity contribution is -0.688. The van der Waals surface area contributed by atoms with E-state index in [-0.39, 0.29) is 22.7 Å². The standard InChI is InChI=1S/C12H11N2O2.BrH/c15-14(16)12-6-8-13(9-7-12)10-11-4-2-1-3-5-11;/h1-9H,10H2;1H/q+1;/p-1. The maximum absolute atomic E-state index is 10.5. The zero-order chi connectivity index (χ0) is 11.4. The molecule has 0 atom stereocenters. The molecular weight excluding hydrogens is 284 g/mol. The van der Waals surface area contributed by atoms with Crippen LogP contribution in [0.25, 0.3) is 0 Å². The van der Waals surface area contributed by atoms with Gasteiger partial charge in [0.25, 0.3) is 5.69 Å². The van der Waals surface area contributed by atoms with Crippen molar-refractivity contribution < 1.29 is 26.5 Å². The summed E-state index contributed by atoms with van der Waals surface area (Å²) in [5, 5.41) is 10.5. The Morgan fingerprint density at radius 2 is 1.65 bits per heavy atom. The zero-order valence-corrected chi connectivity index (χ0v) is 10.6. The van der Waals surface area contributed by atoms with E-state index in [4.69, 9.17) is 0 Å². The Labute approximate surface area is 109 Å². The number of aromatic nitrogens is 1. The molecule has 0 saturated carbocycles. The largest absolute Gasteiger partial charge is 1.00 e. The molecular formula is C12H11BrN2O2. The van der Waals surface area contributed by atoms with E-state index >= 15 is 0 Å². The van der Waals surface area contributed by atoms with E-state index in [0.29, 0.717) is 0 Å². The SMILES string of the molecule is O=[N+]([O-])c1cc[n+](Cc2ccccc2)cc1.[Br-]. The summed E-state index contributed by atoms with van der Waals surface area (Å²) >= 11 is 0. The number of rotatable bonds is 3. The molecule has 2 aromatic rings. The molecule has 88 valence electrons. The van der Waals surface area contributed by atoms with Crippen molar-refractivity contribution in [3.05, 3.63) is 70.5 Å². The van der Waals surface area contributed by atoms with E-state index in [1.54, 1.807) is 12.4 Å². The Morgan fingerprint density at radius 3 is 2.18 bits per heavy atom. The van der Waals surface area contributed by atoms with Gasteiger partial charge >= 0.3 is 0 Å². The monoisotopic (exact) mass is 294 g/mol. The molecule has 5 heteroatoms. The van der Waals surface area contributed by atoms with Gasteiger partial charge in [-0.1, -0.05) is 30.3 Å². The van der Waals surface area contributed by atoms with Gasteiger partial charge in [0.2, 0.25) is 0 Å².